The molecule has 0 radical (unpaired) electrons. The van der Waals surface area contributed by atoms with Crippen LogP contribution in [0, 0.1) is 12.7 Å². The number of carbonyl (C=O) groups is 1. The predicted octanol–water partition coefficient (Wildman–Crippen LogP) is 3.71. The van der Waals surface area contributed by atoms with E-state index in [2.05, 4.69) is 5.32 Å². The largest absolute Gasteiger partial charge is 0.451 e. The zero-order valence-corrected chi connectivity index (χ0v) is 11.3. The Morgan fingerprint density at radius 2 is 2.00 bits per heavy atom. The van der Waals surface area contributed by atoms with Crippen molar-refractivity contribution in [2.75, 3.05) is 11.1 Å². The Morgan fingerprint density at radius 1 is 1.19 bits per heavy atom. The molecule has 0 bridgehead atoms. The van der Waals surface area contributed by atoms with E-state index in [1.165, 1.54) is 18.2 Å². The second-order valence-electron chi connectivity index (χ2n) is 4.82. The molecular weight excluding hydrogens is 271 g/mol. The molecule has 1 aromatic heterocycles. The van der Waals surface area contributed by atoms with E-state index in [1.54, 1.807) is 31.2 Å². The zero-order valence-electron chi connectivity index (χ0n) is 11.3. The van der Waals surface area contributed by atoms with Crippen LogP contribution in [0.3, 0.4) is 0 Å². The van der Waals surface area contributed by atoms with E-state index in [0.29, 0.717) is 22.5 Å². The summed E-state index contributed by atoms with van der Waals surface area (Å²) in [6.07, 6.45) is 0. The topological polar surface area (TPSA) is 68.3 Å². The van der Waals surface area contributed by atoms with Gasteiger partial charge >= 0.3 is 0 Å². The molecule has 5 heteroatoms. The summed E-state index contributed by atoms with van der Waals surface area (Å²) in [6, 6.07) is 10.9. The minimum atomic E-state index is -0.389. The molecule has 0 aliphatic heterocycles. The summed E-state index contributed by atoms with van der Waals surface area (Å²) < 4.78 is 18.5. The fourth-order valence-electron chi connectivity index (χ4n) is 2.12. The number of furan rings is 1. The van der Waals surface area contributed by atoms with Gasteiger partial charge in [-0.25, -0.2) is 4.39 Å². The van der Waals surface area contributed by atoms with E-state index in [9.17, 15) is 9.18 Å². The van der Waals surface area contributed by atoms with Crippen LogP contribution in [0.15, 0.2) is 46.9 Å². The van der Waals surface area contributed by atoms with Gasteiger partial charge in [-0.15, -0.1) is 0 Å². The second-order valence-corrected chi connectivity index (χ2v) is 4.82. The maximum absolute atomic E-state index is 13.0. The van der Waals surface area contributed by atoms with Gasteiger partial charge in [0.1, 0.15) is 11.4 Å². The first-order valence-electron chi connectivity index (χ1n) is 6.39. The smallest absolute Gasteiger partial charge is 0.291 e. The maximum Gasteiger partial charge on any atom is 0.291 e. The third-order valence-electron chi connectivity index (χ3n) is 3.20. The highest BCUT2D eigenvalue weighted by Crippen LogP contribution is 2.23. The summed E-state index contributed by atoms with van der Waals surface area (Å²) >= 11 is 0. The number of benzene rings is 2. The standard InChI is InChI=1S/C16H13FN2O2/c1-9-6-11(17)2-4-13(9)19-16(20)15-8-10-7-12(18)3-5-14(10)21-15/h2-8H,18H2,1H3,(H,19,20). The summed E-state index contributed by atoms with van der Waals surface area (Å²) in [7, 11) is 0. The normalized spacial score (nSPS) is 10.8. The lowest BCUT2D eigenvalue weighted by Gasteiger charge is -2.06. The zero-order chi connectivity index (χ0) is 15.0. The Labute approximate surface area is 120 Å². The molecule has 1 amide bonds. The molecule has 3 N–H and O–H groups in total. The van der Waals surface area contributed by atoms with Gasteiger partial charge in [-0.2, -0.15) is 0 Å². The van der Waals surface area contributed by atoms with Gasteiger partial charge in [-0.1, -0.05) is 0 Å². The Kier molecular flexibility index (Phi) is 3.10. The number of nitrogens with two attached hydrogens (primary N) is 1. The summed E-state index contributed by atoms with van der Waals surface area (Å²) in [6.45, 7) is 1.72. The number of nitrogens with one attached hydrogen (secondary N) is 1. The van der Waals surface area contributed by atoms with E-state index >= 15 is 0 Å². The quantitative estimate of drug-likeness (QED) is 0.705. The van der Waals surface area contributed by atoms with E-state index in [4.69, 9.17) is 10.2 Å². The molecule has 0 spiro atoms. The Morgan fingerprint density at radius 3 is 2.76 bits per heavy atom. The third-order valence-corrected chi connectivity index (χ3v) is 3.20. The first-order valence-corrected chi connectivity index (χ1v) is 6.39. The number of aryl methyl sites for hydroxylation is 1. The van der Waals surface area contributed by atoms with Crippen LogP contribution in [-0.4, -0.2) is 5.91 Å². The number of halogens is 1. The van der Waals surface area contributed by atoms with Crippen molar-refractivity contribution in [2.24, 2.45) is 0 Å². The van der Waals surface area contributed by atoms with Crippen LogP contribution in [0.4, 0.5) is 15.8 Å². The van der Waals surface area contributed by atoms with Gasteiger partial charge < -0.3 is 15.5 Å². The van der Waals surface area contributed by atoms with Gasteiger partial charge in [0, 0.05) is 16.8 Å². The molecule has 0 atom stereocenters. The second kappa shape index (κ2) is 4.94. The van der Waals surface area contributed by atoms with Crippen molar-refractivity contribution >= 4 is 28.3 Å². The number of hydrogen-bond donors (Lipinski definition) is 2. The van der Waals surface area contributed by atoms with Gasteiger partial charge in [0.25, 0.3) is 5.91 Å². The SMILES string of the molecule is Cc1cc(F)ccc1NC(=O)c1cc2cc(N)ccc2o1. The van der Waals surface area contributed by atoms with Crippen molar-refractivity contribution in [2.45, 2.75) is 6.92 Å². The predicted molar refractivity (Wildman–Crippen MR) is 79.7 cm³/mol. The number of anilines is 2. The highest BCUT2D eigenvalue weighted by Gasteiger charge is 2.13. The third kappa shape index (κ3) is 2.58. The Balaban J connectivity index is 1.89. The van der Waals surface area contributed by atoms with Crippen molar-refractivity contribution in [3.05, 3.63) is 59.6 Å². The Hall–Kier alpha value is -2.82. The number of carbonyl (C=O) groups excluding carboxylic acids is 1. The maximum atomic E-state index is 13.0. The molecule has 2 aromatic carbocycles. The van der Waals surface area contributed by atoms with E-state index < -0.39 is 0 Å². The highest BCUT2D eigenvalue weighted by molar-refractivity contribution is 6.05. The summed E-state index contributed by atoms with van der Waals surface area (Å²) in [5.41, 5.74) is 8.06. The highest BCUT2D eigenvalue weighted by atomic mass is 19.1. The molecule has 3 aromatic rings. The molecule has 0 aliphatic rings. The molecule has 0 unspecified atom stereocenters. The molecule has 21 heavy (non-hydrogen) atoms. The first kappa shape index (κ1) is 13.2. The molecule has 106 valence electrons. The molecule has 0 saturated heterocycles. The number of nitrogen functional groups attached to an aromatic ring is 1. The average molecular weight is 284 g/mol. The summed E-state index contributed by atoms with van der Waals surface area (Å²) in [5.74, 6) is -0.552. The van der Waals surface area contributed by atoms with Crippen molar-refractivity contribution in [3.8, 4) is 0 Å². The van der Waals surface area contributed by atoms with E-state index in [0.717, 1.165) is 5.39 Å². The minimum Gasteiger partial charge on any atom is -0.451 e. The van der Waals surface area contributed by atoms with Crippen LogP contribution >= 0.6 is 0 Å². The van der Waals surface area contributed by atoms with Crippen LogP contribution < -0.4 is 11.1 Å². The average Bonchev–Trinajstić information content (AvgIpc) is 2.85. The van der Waals surface area contributed by atoms with Crippen molar-refractivity contribution < 1.29 is 13.6 Å². The van der Waals surface area contributed by atoms with Crippen molar-refractivity contribution in [1.29, 1.82) is 0 Å². The molecular formula is C16H13FN2O2. The van der Waals surface area contributed by atoms with Gasteiger partial charge in [0.05, 0.1) is 0 Å². The van der Waals surface area contributed by atoms with Gasteiger partial charge in [0.2, 0.25) is 0 Å². The number of hydrogen-bond acceptors (Lipinski definition) is 3. The Bertz CT molecular complexity index is 839. The number of fused-ring (bicyclic) bond motifs is 1. The molecule has 4 nitrogen and oxygen atoms in total. The fraction of sp³-hybridized carbons (Fsp3) is 0.0625. The molecule has 0 fully saturated rings. The molecule has 1 heterocycles. The van der Waals surface area contributed by atoms with Crippen molar-refractivity contribution in [1.82, 2.24) is 0 Å². The van der Waals surface area contributed by atoms with Crippen LogP contribution in [0.1, 0.15) is 16.1 Å². The summed E-state index contributed by atoms with van der Waals surface area (Å²) in [4.78, 5) is 12.2. The lowest BCUT2D eigenvalue weighted by Crippen LogP contribution is -2.11. The fourth-order valence-corrected chi connectivity index (χ4v) is 2.12. The van der Waals surface area contributed by atoms with Gasteiger partial charge in [-0.05, 0) is 55.0 Å². The first-order chi connectivity index (χ1) is 10.0. The van der Waals surface area contributed by atoms with E-state index in [-0.39, 0.29) is 17.5 Å². The van der Waals surface area contributed by atoms with Crippen LogP contribution in [0.2, 0.25) is 0 Å². The van der Waals surface area contributed by atoms with Crippen LogP contribution in [0.25, 0.3) is 11.0 Å². The molecule has 3 rings (SSSR count). The van der Waals surface area contributed by atoms with E-state index in [1.807, 2.05) is 0 Å². The number of rotatable bonds is 2. The monoisotopic (exact) mass is 284 g/mol. The lowest BCUT2D eigenvalue weighted by molar-refractivity contribution is 0.0998. The minimum absolute atomic E-state index is 0.180. The van der Waals surface area contributed by atoms with Gasteiger partial charge in [-0.3, -0.25) is 4.79 Å². The number of amides is 1. The summed E-state index contributed by atoms with van der Waals surface area (Å²) in [5, 5.41) is 3.46. The van der Waals surface area contributed by atoms with Crippen molar-refractivity contribution in [3.63, 3.8) is 0 Å². The lowest BCUT2D eigenvalue weighted by atomic mass is 10.2. The van der Waals surface area contributed by atoms with Crippen LogP contribution in [0.5, 0.6) is 0 Å². The van der Waals surface area contributed by atoms with Crippen LogP contribution in [-0.2, 0) is 0 Å². The molecule has 0 saturated carbocycles. The molecule has 0 aliphatic carbocycles. The van der Waals surface area contributed by atoms with Gasteiger partial charge in [0.15, 0.2) is 5.76 Å².